The lowest BCUT2D eigenvalue weighted by Crippen LogP contribution is -2.39. The summed E-state index contributed by atoms with van der Waals surface area (Å²) in [5.74, 6) is -0.0420. The molecule has 9 heteroatoms. The number of carbonyl (C=O) groups excluding carboxylic acids is 2. The molecule has 1 aromatic heterocycles. The average Bonchev–Trinajstić information content (AvgIpc) is 2.90. The zero-order valence-corrected chi connectivity index (χ0v) is 20.0. The first-order valence-electron chi connectivity index (χ1n) is 11.6. The highest BCUT2D eigenvalue weighted by Crippen LogP contribution is 2.22. The van der Waals surface area contributed by atoms with E-state index in [-0.39, 0.29) is 17.8 Å². The van der Waals surface area contributed by atoms with Crippen molar-refractivity contribution in [3.8, 4) is 0 Å². The van der Waals surface area contributed by atoms with E-state index in [0.29, 0.717) is 35.7 Å². The summed E-state index contributed by atoms with van der Waals surface area (Å²) >= 11 is 0. The number of nitrogens with one attached hydrogen (secondary N) is 4. The molecule has 0 radical (unpaired) electrons. The Bertz CT molecular complexity index is 1270. The molecule has 36 heavy (non-hydrogen) atoms. The topological polar surface area (TPSA) is 136 Å². The molecule has 2 aromatic carbocycles. The Kier molecular flexibility index (Phi) is 7.72. The van der Waals surface area contributed by atoms with E-state index < -0.39 is 0 Å². The number of aromatic nitrogens is 1. The minimum Gasteiger partial charge on any atom is -0.370 e. The van der Waals surface area contributed by atoms with E-state index in [1.54, 1.807) is 41.4 Å². The van der Waals surface area contributed by atoms with Gasteiger partial charge in [0.1, 0.15) is 5.82 Å². The summed E-state index contributed by atoms with van der Waals surface area (Å²) in [5, 5.41) is 16.3. The van der Waals surface area contributed by atoms with Crippen molar-refractivity contribution in [1.29, 1.82) is 5.41 Å². The van der Waals surface area contributed by atoms with Gasteiger partial charge in [0.05, 0.1) is 0 Å². The summed E-state index contributed by atoms with van der Waals surface area (Å²) in [6.07, 6.45) is 4.54. The van der Waals surface area contributed by atoms with Gasteiger partial charge in [-0.15, -0.1) is 0 Å². The Labute approximate surface area is 209 Å². The van der Waals surface area contributed by atoms with Crippen molar-refractivity contribution in [2.45, 2.75) is 13.0 Å². The zero-order chi connectivity index (χ0) is 25.5. The number of pyridine rings is 1. The molecule has 3 aromatic rings. The summed E-state index contributed by atoms with van der Waals surface area (Å²) in [5.41, 5.74) is 10.4. The van der Waals surface area contributed by atoms with Crippen LogP contribution in [0.25, 0.3) is 5.57 Å². The number of hydrogen-bond acceptors (Lipinski definition) is 5. The second-order valence-corrected chi connectivity index (χ2v) is 8.46. The van der Waals surface area contributed by atoms with Crippen molar-refractivity contribution in [3.05, 3.63) is 95.2 Å². The van der Waals surface area contributed by atoms with E-state index in [4.69, 9.17) is 11.1 Å². The SMILES string of the molecule is CNCc1ccc(NC(=O)c2ccc(C(=O)Nc3ccc(C4=CCN(C(=N)N)CC4)cn3)cc2)cc1. The van der Waals surface area contributed by atoms with Crippen LogP contribution in [0.3, 0.4) is 0 Å². The molecule has 0 spiro atoms. The Morgan fingerprint density at radius 1 is 0.972 bits per heavy atom. The van der Waals surface area contributed by atoms with Gasteiger partial charge >= 0.3 is 0 Å². The van der Waals surface area contributed by atoms with Crippen molar-refractivity contribution in [3.63, 3.8) is 0 Å². The molecule has 0 aliphatic carbocycles. The number of nitrogens with zero attached hydrogens (tertiary/aromatic N) is 2. The molecule has 0 saturated heterocycles. The Morgan fingerprint density at radius 2 is 1.64 bits per heavy atom. The summed E-state index contributed by atoms with van der Waals surface area (Å²) < 4.78 is 0. The third-order valence-electron chi connectivity index (χ3n) is 5.93. The van der Waals surface area contributed by atoms with Crippen LogP contribution in [0.1, 0.15) is 38.3 Å². The molecule has 0 saturated carbocycles. The van der Waals surface area contributed by atoms with Crippen molar-refractivity contribution in [2.75, 3.05) is 30.8 Å². The van der Waals surface area contributed by atoms with Gasteiger partial charge < -0.3 is 26.6 Å². The third-order valence-corrected chi connectivity index (χ3v) is 5.93. The first-order chi connectivity index (χ1) is 17.4. The van der Waals surface area contributed by atoms with Gasteiger partial charge in [-0.3, -0.25) is 15.0 Å². The monoisotopic (exact) mass is 483 g/mol. The van der Waals surface area contributed by atoms with Crippen LogP contribution < -0.4 is 21.7 Å². The van der Waals surface area contributed by atoms with E-state index in [0.717, 1.165) is 29.7 Å². The minimum atomic E-state index is -0.309. The molecule has 4 rings (SSSR count). The number of amides is 2. The van der Waals surface area contributed by atoms with Gasteiger partial charge in [-0.05, 0) is 78.7 Å². The molecule has 2 heterocycles. The molecule has 6 N–H and O–H groups in total. The molecular weight excluding hydrogens is 454 g/mol. The van der Waals surface area contributed by atoms with Crippen LogP contribution in [0.15, 0.2) is 72.9 Å². The maximum atomic E-state index is 12.7. The molecule has 1 aliphatic heterocycles. The standard InChI is InChI=1S/C27H29N7O2/c1-30-16-18-2-9-23(10-3-18)32-25(35)20-4-6-21(7-5-20)26(36)33-24-11-8-22(17-31-24)19-12-14-34(15-13-19)27(28)29/h2-12,17,30H,13-16H2,1H3,(H3,28,29)(H,32,35)(H,31,33,36). The number of rotatable bonds is 7. The Morgan fingerprint density at radius 3 is 2.17 bits per heavy atom. The predicted octanol–water partition coefficient (Wildman–Crippen LogP) is 3.29. The molecule has 2 amide bonds. The third kappa shape index (κ3) is 6.13. The van der Waals surface area contributed by atoms with Crippen molar-refractivity contribution in [1.82, 2.24) is 15.2 Å². The van der Waals surface area contributed by atoms with E-state index in [2.05, 4.69) is 20.9 Å². The number of benzene rings is 2. The van der Waals surface area contributed by atoms with Gasteiger partial charge in [0.25, 0.3) is 11.8 Å². The van der Waals surface area contributed by atoms with Crippen LogP contribution in [0.5, 0.6) is 0 Å². The number of hydrogen-bond donors (Lipinski definition) is 5. The van der Waals surface area contributed by atoms with Gasteiger partial charge in [0.15, 0.2) is 5.96 Å². The maximum absolute atomic E-state index is 12.7. The van der Waals surface area contributed by atoms with Crippen LogP contribution >= 0.6 is 0 Å². The van der Waals surface area contributed by atoms with Crippen molar-refractivity contribution < 1.29 is 9.59 Å². The molecule has 9 nitrogen and oxygen atoms in total. The quantitative estimate of drug-likeness (QED) is 0.258. The second kappa shape index (κ2) is 11.3. The summed E-state index contributed by atoms with van der Waals surface area (Å²) in [6.45, 7) is 2.05. The van der Waals surface area contributed by atoms with Crippen LogP contribution in [0.4, 0.5) is 11.5 Å². The van der Waals surface area contributed by atoms with E-state index in [9.17, 15) is 9.59 Å². The lowest BCUT2D eigenvalue weighted by Gasteiger charge is -2.26. The molecule has 0 unspecified atom stereocenters. The molecule has 184 valence electrons. The fourth-order valence-corrected chi connectivity index (χ4v) is 3.88. The Balaban J connectivity index is 1.33. The van der Waals surface area contributed by atoms with Gasteiger partial charge in [0.2, 0.25) is 0 Å². The van der Waals surface area contributed by atoms with Crippen LogP contribution in [0, 0.1) is 5.41 Å². The second-order valence-electron chi connectivity index (χ2n) is 8.46. The van der Waals surface area contributed by atoms with E-state index in [1.165, 1.54) is 0 Å². The lowest BCUT2D eigenvalue weighted by atomic mass is 10.0. The maximum Gasteiger partial charge on any atom is 0.256 e. The highest BCUT2D eigenvalue weighted by atomic mass is 16.2. The van der Waals surface area contributed by atoms with Gasteiger partial charge in [-0.1, -0.05) is 18.2 Å². The van der Waals surface area contributed by atoms with Crippen LogP contribution in [-0.4, -0.2) is 47.8 Å². The highest BCUT2D eigenvalue weighted by molar-refractivity contribution is 6.07. The molecular formula is C27H29N7O2. The summed E-state index contributed by atoms with van der Waals surface area (Å²) in [7, 11) is 1.88. The molecule has 0 bridgehead atoms. The largest absolute Gasteiger partial charge is 0.370 e. The van der Waals surface area contributed by atoms with Crippen LogP contribution in [0.2, 0.25) is 0 Å². The van der Waals surface area contributed by atoms with Crippen LogP contribution in [-0.2, 0) is 6.54 Å². The number of carbonyl (C=O) groups is 2. The first kappa shape index (κ1) is 24.6. The van der Waals surface area contributed by atoms with Gasteiger partial charge in [0, 0.05) is 42.6 Å². The number of nitrogens with two attached hydrogens (primary N) is 1. The summed E-state index contributed by atoms with van der Waals surface area (Å²) in [6, 6.07) is 17.8. The number of guanidine groups is 1. The average molecular weight is 484 g/mol. The van der Waals surface area contributed by atoms with Gasteiger partial charge in [-0.2, -0.15) is 0 Å². The normalized spacial score (nSPS) is 13.0. The molecule has 0 fully saturated rings. The van der Waals surface area contributed by atoms with E-state index >= 15 is 0 Å². The van der Waals surface area contributed by atoms with Gasteiger partial charge in [-0.25, -0.2) is 4.98 Å². The smallest absolute Gasteiger partial charge is 0.256 e. The highest BCUT2D eigenvalue weighted by Gasteiger charge is 2.15. The fraction of sp³-hybridized carbons (Fsp3) is 0.185. The zero-order valence-electron chi connectivity index (χ0n) is 20.0. The number of anilines is 2. The fourth-order valence-electron chi connectivity index (χ4n) is 3.88. The molecule has 1 aliphatic rings. The first-order valence-corrected chi connectivity index (χ1v) is 11.6. The molecule has 0 atom stereocenters. The predicted molar refractivity (Wildman–Crippen MR) is 142 cm³/mol. The van der Waals surface area contributed by atoms with Crippen molar-refractivity contribution >= 4 is 34.9 Å². The van der Waals surface area contributed by atoms with Crippen molar-refractivity contribution in [2.24, 2.45) is 5.73 Å². The summed E-state index contributed by atoms with van der Waals surface area (Å²) in [4.78, 5) is 31.4. The lowest BCUT2D eigenvalue weighted by molar-refractivity contribution is 0.101. The minimum absolute atomic E-state index is 0.0743. The Hall–Kier alpha value is -4.50. The van der Waals surface area contributed by atoms with E-state index in [1.807, 2.05) is 43.5 Å².